The Bertz CT molecular complexity index is 395. The minimum absolute atomic E-state index is 0.482. The van der Waals surface area contributed by atoms with Crippen LogP contribution < -0.4 is 0 Å². The van der Waals surface area contributed by atoms with Gasteiger partial charge >= 0.3 is 0 Å². The molecule has 0 amide bonds. The zero-order valence-electron chi connectivity index (χ0n) is 6.37. The first kappa shape index (κ1) is 7.50. The van der Waals surface area contributed by atoms with Crippen LogP contribution in [0.5, 0.6) is 0 Å². The Hall–Kier alpha value is -1.15. The Balaban J connectivity index is 2.79. The normalized spacial score (nSPS) is 10.4. The second-order valence-corrected chi connectivity index (χ2v) is 2.74. The smallest absolute Gasteiger partial charge is 0.0930 e. The van der Waals surface area contributed by atoms with Crippen LogP contribution in [0.15, 0.2) is 30.6 Å². The van der Waals surface area contributed by atoms with Crippen LogP contribution in [0.2, 0.25) is 0 Å². The number of benzene rings is 1. The van der Waals surface area contributed by atoms with Crippen molar-refractivity contribution in [2.75, 3.05) is 0 Å². The van der Waals surface area contributed by atoms with Crippen molar-refractivity contribution in [2.24, 2.45) is 0 Å². The number of para-hydroxylation sites is 1. The SMILES string of the molecule is ClCc1cccc2nccnc12. The van der Waals surface area contributed by atoms with Gasteiger partial charge < -0.3 is 0 Å². The van der Waals surface area contributed by atoms with Crippen molar-refractivity contribution in [2.45, 2.75) is 5.88 Å². The molecule has 0 aliphatic rings. The average molecular weight is 179 g/mol. The Morgan fingerprint density at radius 3 is 2.83 bits per heavy atom. The van der Waals surface area contributed by atoms with Crippen LogP contribution in [-0.4, -0.2) is 9.97 Å². The topological polar surface area (TPSA) is 25.8 Å². The monoisotopic (exact) mass is 178 g/mol. The molecule has 0 aliphatic heterocycles. The van der Waals surface area contributed by atoms with Gasteiger partial charge in [0.1, 0.15) is 0 Å². The molecule has 0 N–H and O–H groups in total. The molecule has 2 nitrogen and oxygen atoms in total. The molecule has 0 fully saturated rings. The highest BCUT2D eigenvalue weighted by Crippen LogP contribution is 2.14. The molecule has 1 aromatic heterocycles. The summed E-state index contributed by atoms with van der Waals surface area (Å²) in [4.78, 5) is 8.37. The van der Waals surface area contributed by atoms with Gasteiger partial charge in [0.2, 0.25) is 0 Å². The molecule has 0 saturated carbocycles. The third kappa shape index (κ3) is 1.14. The minimum atomic E-state index is 0.482. The standard InChI is InChI=1S/C9H7ClN2/c10-6-7-2-1-3-8-9(7)12-5-4-11-8/h1-5H,6H2. The van der Waals surface area contributed by atoms with Crippen molar-refractivity contribution < 1.29 is 0 Å². The molecule has 2 rings (SSSR count). The summed E-state index contributed by atoms with van der Waals surface area (Å²) in [6, 6.07) is 5.83. The fourth-order valence-electron chi connectivity index (χ4n) is 1.16. The van der Waals surface area contributed by atoms with E-state index in [1.165, 1.54) is 0 Å². The third-order valence-electron chi connectivity index (χ3n) is 1.73. The van der Waals surface area contributed by atoms with Crippen molar-refractivity contribution in [3.8, 4) is 0 Å². The molecule has 1 aromatic carbocycles. The lowest BCUT2D eigenvalue weighted by Crippen LogP contribution is -1.86. The van der Waals surface area contributed by atoms with Crippen LogP contribution in [0.4, 0.5) is 0 Å². The molecule has 1 heterocycles. The van der Waals surface area contributed by atoms with Gasteiger partial charge in [-0.05, 0) is 11.6 Å². The lowest BCUT2D eigenvalue weighted by atomic mass is 10.2. The molecule has 3 heteroatoms. The van der Waals surface area contributed by atoms with Crippen molar-refractivity contribution in [3.05, 3.63) is 36.2 Å². The van der Waals surface area contributed by atoms with Crippen LogP contribution in [0.1, 0.15) is 5.56 Å². The number of fused-ring (bicyclic) bond motifs is 1. The predicted molar refractivity (Wildman–Crippen MR) is 49.1 cm³/mol. The fraction of sp³-hybridized carbons (Fsp3) is 0.111. The average Bonchev–Trinajstić information content (AvgIpc) is 2.17. The molecule has 0 radical (unpaired) electrons. The van der Waals surface area contributed by atoms with E-state index in [0.29, 0.717) is 5.88 Å². The first-order valence-corrected chi connectivity index (χ1v) is 4.20. The van der Waals surface area contributed by atoms with E-state index in [0.717, 1.165) is 16.6 Å². The number of hydrogen-bond acceptors (Lipinski definition) is 2. The van der Waals surface area contributed by atoms with Gasteiger partial charge in [-0.2, -0.15) is 0 Å². The summed E-state index contributed by atoms with van der Waals surface area (Å²) in [6.45, 7) is 0. The van der Waals surface area contributed by atoms with Crippen LogP contribution in [0.25, 0.3) is 11.0 Å². The molecule has 60 valence electrons. The summed E-state index contributed by atoms with van der Waals surface area (Å²) in [5.41, 5.74) is 2.83. The number of alkyl halides is 1. The lowest BCUT2D eigenvalue weighted by molar-refractivity contribution is 1.26. The fourth-order valence-corrected chi connectivity index (χ4v) is 1.38. The van der Waals surface area contributed by atoms with Crippen molar-refractivity contribution >= 4 is 22.6 Å². The van der Waals surface area contributed by atoms with E-state index in [9.17, 15) is 0 Å². The summed E-state index contributed by atoms with van der Waals surface area (Å²) in [5.74, 6) is 0.482. The van der Waals surface area contributed by atoms with E-state index in [4.69, 9.17) is 11.6 Å². The Kier molecular flexibility index (Phi) is 1.92. The van der Waals surface area contributed by atoms with Gasteiger partial charge in [0.05, 0.1) is 11.0 Å². The van der Waals surface area contributed by atoms with Crippen molar-refractivity contribution in [1.29, 1.82) is 0 Å². The molecule has 2 aromatic rings. The first-order valence-electron chi connectivity index (χ1n) is 3.66. The highest BCUT2D eigenvalue weighted by molar-refractivity contribution is 6.17. The van der Waals surface area contributed by atoms with E-state index < -0.39 is 0 Å². The van der Waals surface area contributed by atoms with E-state index >= 15 is 0 Å². The summed E-state index contributed by atoms with van der Waals surface area (Å²) in [5, 5.41) is 0. The summed E-state index contributed by atoms with van der Waals surface area (Å²) < 4.78 is 0. The second kappa shape index (κ2) is 3.07. The molecular formula is C9H7ClN2. The van der Waals surface area contributed by atoms with E-state index in [-0.39, 0.29) is 0 Å². The summed E-state index contributed by atoms with van der Waals surface area (Å²) >= 11 is 5.74. The van der Waals surface area contributed by atoms with Crippen LogP contribution in [-0.2, 0) is 5.88 Å². The summed E-state index contributed by atoms with van der Waals surface area (Å²) in [7, 11) is 0. The van der Waals surface area contributed by atoms with Gasteiger partial charge in [0.15, 0.2) is 0 Å². The second-order valence-electron chi connectivity index (χ2n) is 2.47. The van der Waals surface area contributed by atoms with E-state index in [1.807, 2.05) is 18.2 Å². The largest absolute Gasteiger partial charge is 0.253 e. The zero-order chi connectivity index (χ0) is 8.39. The predicted octanol–water partition coefficient (Wildman–Crippen LogP) is 2.37. The molecule has 12 heavy (non-hydrogen) atoms. The van der Waals surface area contributed by atoms with Gasteiger partial charge in [-0.25, -0.2) is 0 Å². The van der Waals surface area contributed by atoms with Gasteiger partial charge in [-0.3, -0.25) is 9.97 Å². The molecular weight excluding hydrogens is 172 g/mol. The van der Waals surface area contributed by atoms with Crippen LogP contribution in [0, 0.1) is 0 Å². The molecule has 0 atom stereocenters. The minimum Gasteiger partial charge on any atom is -0.253 e. The lowest BCUT2D eigenvalue weighted by Gasteiger charge is -1.99. The maximum Gasteiger partial charge on any atom is 0.0930 e. The Morgan fingerprint density at radius 2 is 2.00 bits per heavy atom. The maximum absolute atomic E-state index is 5.74. The number of rotatable bonds is 1. The third-order valence-corrected chi connectivity index (χ3v) is 2.01. The molecule has 0 bridgehead atoms. The maximum atomic E-state index is 5.74. The molecule has 0 spiro atoms. The molecule has 0 unspecified atom stereocenters. The molecule has 0 saturated heterocycles. The van der Waals surface area contributed by atoms with Gasteiger partial charge in [-0.1, -0.05) is 12.1 Å². The van der Waals surface area contributed by atoms with E-state index in [2.05, 4.69) is 9.97 Å². The van der Waals surface area contributed by atoms with E-state index in [1.54, 1.807) is 12.4 Å². The number of halogens is 1. The van der Waals surface area contributed by atoms with Crippen LogP contribution in [0.3, 0.4) is 0 Å². The highest BCUT2D eigenvalue weighted by atomic mass is 35.5. The van der Waals surface area contributed by atoms with Crippen molar-refractivity contribution in [3.63, 3.8) is 0 Å². The first-order chi connectivity index (χ1) is 5.92. The van der Waals surface area contributed by atoms with Gasteiger partial charge in [0, 0.05) is 18.3 Å². The number of hydrogen-bond donors (Lipinski definition) is 0. The number of nitrogens with zero attached hydrogens (tertiary/aromatic N) is 2. The number of aromatic nitrogens is 2. The molecule has 0 aliphatic carbocycles. The summed E-state index contributed by atoms with van der Waals surface area (Å²) in [6.07, 6.45) is 3.36. The van der Waals surface area contributed by atoms with Gasteiger partial charge in [-0.15, -0.1) is 11.6 Å². The Labute approximate surface area is 75.2 Å². The van der Waals surface area contributed by atoms with Gasteiger partial charge in [0.25, 0.3) is 0 Å². The quantitative estimate of drug-likeness (QED) is 0.627. The van der Waals surface area contributed by atoms with Crippen molar-refractivity contribution in [1.82, 2.24) is 9.97 Å². The highest BCUT2D eigenvalue weighted by Gasteiger charge is 1.99. The zero-order valence-corrected chi connectivity index (χ0v) is 7.12. The van der Waals surface area contributed by atoms with Crippen LogP contribution >= 0.6 is 11.6 Å². The Morgan fingerprint density at radius 1 is 1.17 bits per heavy atom.